The fourth-order valence-electron chi connectivity index (χ4n) is 3.91. The Balaban J connectivity index is 1.66. The molecule has 2 N–H and O–H groups in total. The molecule has 1 aliphatic rings. The Kier molecular flexibility index (Phi) is 5.95. The molecule has 0 saturated heterocycles. The molecule has 0 radical (unpaired) electrons. The summed E-state index contributed by atoms with van der Waals surface area (Å²) in [5.74, 6) is -0.0459. The molecule has 1 aliphatic carbocycles. The van der Waals surface area contributed by atoms with Crippen molar-refractivity contribution >= 4 is 21.6 Å². The first-order chi connectivity index (χ1) is 14.2. The third-order valence-corrected chi connectivity index (χ3v) is 6.74. The molecule has 1 heterocycles. The number of nitrogens with one attached hydrogen (secondary N) is 2. The van der Waals surface area contributed by atoms with E-state index in [2.05, 4.69) is 54.9 Å². The monoisotopic (exact) mass is 443 g/mol. The summed E-state index contributed by atoms with van der Waals surface area (Å²) in [6.45, 7) is 12.3. The maximum atomic E-state index is 12.9. The van der Waals surface area contributed by atoms with Gasteiger partial charge in [-0.25, -0.2) is 8.42 Å². The van der Waals surface area contributed by atoms with Gasteiger partial charge in [0.25, 0.3) is 0 Å². The lowest BCUT2D eigenvalue weighted by molar-refractivity contribution is -0.123. The number of aromatic nitrogens is 1. The smallest absolute Gasteiger partial charge is 0.229 e. The predicted molar refractivity (Wildman–Crippen MR) is 125 cm³/mol. The van der Waals surface area contributed by atoms with Crippen LogP contribution >= 0.6 is 0 Å². The van der Waals surface area contributed by atoms with Crippen LogP contribution < -0.4 is 10.0 Å². The van der Waals surface area contributed by atoms with Crippen molar-refractivity contribution in [3.05, 3.63) is 58.9 Å². The highest BCUT2D eigenvalue weighted by molar-refractivity contribution is 7.92. The van der Waals surface area contributed by atoms with Crippen LogP contribution in [0.15, 0.2) is 36.5 Å². The van der Waals surface area contributed by atoms with E-state index < -0.39 is 10.0 Å². The largest absolute Gasteiger partial charge is 0.349 e. The molecule has 0 spiro atoms. The highest BCUT2D eigenvalue weighted by atomic mass is 32.2. The minimum Gasteiger partial charge on any atom is -0.349 e. The molecular formula is C24H33N3O3S. The minimum absolute atomic E-state index is 0.000289. The number of rotatable bonds is 6. The first kappa shape index (κ1) is 23.3. The Morgan fingerprint density at radius 3 is 2.42 bits per heavy atom. The van der Waals surface area contributed by atoms with Crippen LogP contribution in [0.3, 0.4) is 0 Å². The van der Waals surface area contributed by atoms with Crippen LogP contribution in [0.25, 0.3) is 0 Å². The van der Waals surface area contributed by atoms with E-state index in [1.807, 2.05) is 32.2 Å². The van der Waals surface area contributed by atoms with Crippen molar-refractivity contribution in [1.29, 1.82) is 0 Å². The number of carbonyl (C=O) groups excluding carboxylic acids is 1. The molecule has 0 bridgehead atoms. The van der Waals surface area contributed by atoms with Crippen molar-refractivity contribution in [3.8, 4) is 0 Å². The molecule has 3 atom stereocenters. The third kappa shape index (κ3) is 5.26. The van der Waals surface area contributed by atoms with E-state index in [9.17, 15) is 13.2 Å². The molecule has 168 valence electrons. The molecule has 1 amide bonds. The van der Waals surface area contributed by atoms with Crippen LogP contribution in [0, 0.1) is 12.8 Å². The summed E-state index contributed by atoms with van der Waals surface area (Å²) >= 11 is 0. The van der Waals surface area contributed by atoms with E-state index in [1.54, 1.807) is 6.07 Å². The zero-order chi connectivity index (χ0) is 23.2. The zero-order valence-corrected chi connectivity index (χ0v) is 20.2. The molecule has 0 aliphatic heterocycles. The number of amides is 1. The second-order valence-corrected chi connectivity index (χ2v) is 11.8. The number of benzene rings is 1. The standard InChI is InChI=1S/C24H33N3O3S/c1-15-12-17(8-10-20(15)27-31(7,29)30)16(2)26-22(28)19-13-24(19,6)18-9-11-21(25-14-18)23(3,4)5/h8-12,14,16,19,27H,13H2,1-7H3,(H,26,28). The van der Waals surface area contributed by atoms with E-state index in [-0.39, 0.29) is 28.7 Å². The summed E-state index contributed by atoms with van der Waals surface area (Å²) in [6.07, 6.45) is 3.84. The predicted octanol–water partition coefficient (Wildman–Crippen LogP) is 4.21. The number of aryl methyl sites for hydroxylation is 1. The normalized spacial score (nSPS) is 22.0. The second-order valence-electron chi connectivity index (χ2n) is 10.0. The van der Waals surface area contributed by atoms with Crippen molar-refractivity contribution in [3.63, 3.8) is 0 Å². The van der Waals surface area contributed by atoms with Crippen LogP contribution in [-0.2, 0) is 25.6 Å². The van der Waals surface area contributed by atoms with E-state index >= 15 is 0 Å². The molecule has 7 heteroatoms. The van der Waals surface area contributed by atoms with Crippen LogP contribution in [-0.4, -0.2) is 25.6 Å². The van der Waals surface area contributed by atoms with Gasteiger partial charge in [-0.15, -0.1) is 0 Å². The number of nitrogens with zero attached hydrogens (tertiary/aromatic N) is 1. The van der Waals surface area contributed by atoms with Crippen LogP contribution in [0.1, 0.15) is 69.5 Å². The SMILES string of the molecule is Cc1cc(C(C)NC(=O)C2CC2(C)c2ccc(C(C)(C)C)nc2)ccc1NS(C)(=O)=O. The molecular weight excluding hydrogens is 410 g/mol. The number of carbonyl (C=O) groups is 1. The van der Waals surface area contributed by atoms with Gasteiger partial charge in [-0.1, -0.05) is 45.9 Å². The molecule has 3 unspecified atom stereocenters. The number of hydrogen-bond acceptors (Lipinski definition) is 4. The van der Waals surface area contributed by atoms with Gasteiger partial charge in [-0.2, -0.15) is 0 Å². The third-order valence-electron chi connectivity index (χ3n) is 6.15. The average Bonchev–Trinajstić information content (AvgIpc) is 3.35. The number of hydrogen-bond donors (Lipinski definition) is 2. The van der Waals surface area contributed by atoms with Crippen molar-refractivity contribution < 1.29 is 13.2 Å². The molecule has 31 heavy (non-hydrogen) atoms. The maximum Gasteiger partial charge on any atom is 0.229 e. The fraction of sp³-hybridized carbons (Fsp3) is 0.500. The van der Waals surface area contributed by atoms with Crippen molar-refractivity contribution in [2.24, 2.45) is 5.92 Å². The number of sulfonamides is 1. The van der Waals surface area contributed by atoms with Gasteiger partial charge in [-0.05, 0) is 49.1 Å². The molecule has 3 rings (SSSR count). The van der Waals surface area contributed by atoms with Crippen LogP contribution in [0.4, 0.5) is 5.69 Å². The number of anilines is 1. The van der Waals surface area contributed by atoms with Gasteiger partial charge in [0.05, 0.1) is 18.0 Å². The van der Waals surface area contributed by atoms with E-state index in [0.717, 1.165) is 35.1 Å². The quantitative estimate of drug-likeness (QED) is 0.700. The lowest BCUT2D eigenvalue weighted by Gasteiger charge is -2.20. The van der Waals surface area contributed by atoms with Gasteiger partial charge in [0.2, 0.25) is 15.9 Å². The summed E-state index contributed by atoms with van der Waals surface area (Å²) in [5, 5.41) is 3.12. The summed E-state index contributed by atoms with van der Waals surface area (Å²) < 4.78 is 25.4. The molecule has 6 nitrogen and oxygen atoms in total. The second kappa shape index (κ2) is 7.93. The van der Waals surface area contributed by atoms with E-state index in [4.69, 9.17) is 0 Å². The first-order valence-electron chi connectivity index (χ1n) is 10.6. The summed E-state index contributed by atoms with van der Waals surface area (Å²) in [6, 6.07) is 9.46. The average molecular weight is 444 g/mol. The zero-order valence-electron chi connectivity index (χ0n) is 19.4. The summed E-state index contributed by atoms with van der Waals surface area (Å²) in [5.41, 5.74) is 4.24. The van der Waals surface area contributed by atoms with Gasteiger partial charge >= 0.3 is 0 Å². The summed E-state index contributed by atoms with van der Waals surface area (Å²) in [7, 11) is -3.33. The Labute approximate surface area is 185 Å². The lowest BCUT2D eigenvalue weighted by atomic mass is 9.90. The highest BCUT2D eigenvalue weighted by Gasteiger charge is 2.55. The molecule has 1 aromatic heterocycles. The molecule has 1 saturated carbocycles. The molecule has 1 fully saturated rings. The van der Waals surface area contributed by atoms with Gasteiger partial charge in [0.1, 0.15) is 0 Å². The van der Waals surface area contributed by atoms with Crippen molar-refractivity contribution in [1.82, 2.24) is 10.3 Å². The van der Waals surface area contributed by atoms with Gasteiger partial charge in [0.15, 0.2) is 0 Å². The van der Waals surface area contributed by atoms with Gasteiger partial charge < -0.3 is 5.32 Å². The van der Waals surface area contributed by atoms with E-state index in [1.165, 1.54) is 0 Å². The van der Waals surface area contributed by atoms with Crippen molar-refractivity contribution in [2.45, 2.75) is 64.8 Å². The molecule has 1 aromatic carbocycles. The van der Waals surface area contributed by atoms with Gasteiger partial charge in [-0.3, -0.25) is 14.5 Å². The van der Waals surface area contributed by atoms with Crippen LogP contribution in [0.5, 0.6) is 0 Å². The van der Waals surface area contributed by atoms with Crippen molar-refractivity contribution in [2.75, 3.05) is 11.0 Å². The topological polar surface area (TPSA) is 88.2 Å². The highest BCUT2D eigenvalue weighted by Crippen LogP contribution is 2.54. The Morgan fingerprint density at radius 1 is 1.23 bits per heavy atom. The fourth-order valence-corrected chi connectivity index (χ4v) is 4.54. The van der Waals surface area contributed by atoms with Crippen LogP contribution in [0.2, 0.25) is 0 Å². The first-order valence-corrected chi connectivity index (χ1v) is 12.5. The summed E-state index contributed by atoms with van der Waals surface area (Å²) in [4.78, 5) is 17.5. The lowest BCUT2D eigenvalue weighted by Crippen LogP contribution is -2.30. The minimum atomic E-state index is -3.33. The Hall–Kier alpha value is -2.41. The Morgan fingerprint density at radius 2 is 1.90 bits per heavy atom. The van der Waals surface area contributed by atoms with E-state index in [0.29, 0.717) is 5.69 Å². The Bertz CT molecular complexity index is 1090. The number of pyridine rings is 1. The maximum absolute atomic E-state index is 12.9. The molecule has 2 aromatic rings. The van der Waals surface area contributed by atoms with Gasteiger partial charge in [0, 0.05) is 28.6 Å².